The third-order valence-corrected chi connectivity index (χ3v) is 6.61. The van der Waals surface area contributed by atoms with E-state index in [9.17, 15) is 9.59 Å². The summed E-state index contributed by atoms with van der Waals surface area (Å²) in [5.74, 6) is 2.05. The zero-order valence-corrected chi connectivity index (χ0v) is 21.6. The minimum atomic E-state index is -0.427. The molecule has 5 rings (SSSR count). The minimum Gasteiger partial charge on any atom is -0.493 e. The van der Waals surface area contributed by atoms with Crippen molar-refractivity contribution < 1.29 is 42.7 Å². The first-order chi connectivity index (χ1) is 18.4. The van der Waals surface area contributed by atoms with Crippen molar-refractivity contribution in [1.82, 2.24) is 0 Å². The molecular weight excluding hydrogens is 492 g/mol. The Morgan fingerprint density at radius 1 is 0.763 bits per heavy atom. The second-order valence-corrected chi connectivity index (χ2v) is 8.56. The number of Topliss-reactive ketones (excluding diaryl/α,β-unsaturated/α-hetero) is 1. The maximum Gasteiger partial charge on any atom is 0.312 e. The first-order valence-corrected chi connectivity index (χ1v) is 11.8. The lowest BCUT2D eigenvalue weighted by atomic mass is 9.84. The molecule has 9 nitrogen and oxygen atoms in total. The van der Waals surface area contributed by atoms with E-state index in [1.165, 1.54) is 21.3 Å². The predicted molar refractivity (Wildman–Crippen MR) is 137 cm³/mol. The lowest BCUT2D eigenvalue weighted by molar-refractivity contribution is -0.135. The second-order valence-electron chi connectivity index (χ2n) is 8.56. The molecular formula is C29H26O9. The molecule has 2 aliphatic heterocycles. The minimum absolute atomic E-state index is 0.0685. The highest BCUT2D eigenvalue weighted by Gasteiger charge is 2.39. The van der Waals surface area contributed by atoms with E-state index in [2.05, 4.69) is 0 Å². The van der Waals surface area contributed by atoms with Gasteiger partial charge in [-0.3, -0.25) is 9.59 Å². The molecule has 0 saturated carbocycles. The maximum absolute atomic E-state index is 13.4. The first kappa shape index (κ1) is 25.0. The Kier molecular flexibility index (Phi) is 6.59. The van der Waals surface area contributed by atoms with Gasteiger partial charge in [0, 0.05) is 17.0 Å². The van der Waals surface area contributed by atoms with Crippen LogP contribution in [0.3, 0.4) is 0 Å². The van der Waals surface area contributed by atoms with Crippen molar-refractivity contribution in [3.63, 3.8) is 0 Å². The lowest BCUT2D eigenvalue weighted by Crippen LogP contribution is -2.21. The van der Waals surface area contributed by atoms with E-state index in [1.807, 2.05) is 12.1 Å². The number of fused-ring (bicyclic) bond motifs is 3. The average molecular weight is 519 g/mol. The van der Waals surface area contributed by atoms with Gasteiger partial charge in [0.1, 0.15) is 11.5 Å². The van der Waals surface area contributed by atoms with Crippen molar-refractivity contribution in [2.45, 2.75) is 12.3 Å². The molecule has 0 aliphatic carbocycles. The predicted octanol–water partition coefficient (Wildman–Crippen LogP) is 4.79. The molecule has 2 heterocycles. The normalized spacial score (nSPS) is 16.8. The number of ketones is 1. The molecule has 1 unspecified atom stereocenters. The standard InChI is InChI=1S/C29H26O9/c1-32-19-9-6-15(12-22(19)34-3)18-14-24(30)37-20-11-8-17-26(31)23(38-28(17)25(18)20)13-16-7-10-21(33-2)29(36-5)27(16)35-4/h6-13,18H,14H2,1-5H3. The van der Waals surface area contributed by atoms with Crippen LogP contribution in [-0.4, -0.2) is 47.3 Å². The molecule has 3 aromatic rings. The van der Waals surface area contributed by atoms with Gasteiger partial charge in [0.25, 0.3) is 0 Å². The molecule has 0 radical (unpaired) electrons. The molecule has 0 N–H and O–H groups in total. The molecule has 38 heavy (non-hydrogen) atoms. The van der Waals surface area contributed by atoms with Gasteiger partial charge < -0.3 is 33.2 Å². The molecule has 0 saturated heterocycles. The van der Waals surface area contributed by atoms with E-state index in [0.29, 0.717) is 56.9 Å². The number of rotatable bonds is 7. The van der Waals surface area contributed by atoms with Crippen LogP contribution in [0.1, 0.15) is 39.4 Å². The summed E-state index contributed by atoms with van der Waals surface area (Å²) in [6, 6.07) is 12.1. The summed E-state index contributed by atoms with van der Waals surface area (Å²) in [6.07, 6.45) is 1.66. The molecule has 9 heteroatoms. The molecule has 0 aromatic heterocycles. The van der Waals surface area contributed by atoms with Crippen molar-refractivity contribution in [2.24, 2.45) is 0 Å². The molecule has 0 fully saturated rings. The second kappa shape index (κ2) is 10.0. The first-order valence-electron chi connectivity index (χ1n) is 11.8. The van der Waals surface area contributed by atoms with Crippen LogP contribution in [0.2, 0.25) is 0 Å². The highest BCUT2D eigenvalue weighted by atomic mass is 16.5. The Labute approximate surface area is 219 Å². The van der Waals surface area contributed by atoms with Crippen molar-refractivity contribution in [3.8, 4) is 40.2 Å². The fraction of sp³-hybridized carbons (Fsp3) is 0.241. The van der Waals surface area contributed by atoms with E-state index in [1.54, 1.807) is 50.6 Å². The zero-order chi connectivity index (χ0) is 27.0. The van der Waals surface area contributed by atoms with Crippen LogP contribution in [0.4, 0.5) is 0 Å². The van der Waals surface area contributed by atoms with E-state index in [-0.39, 0.29) is 23.9 Å². The number of methoxy groups -OCH3 is 5. The molecule has 0 amide bonds. The molecule has 196 valence electrons. The van der Waals surface area contributed by atoms with Crippen LogP contribution in [0.15, 0.2) is 48.2 Å². The lowest BCUT2D eigenvalue weighted by Gasteiger charge is -2.26. The van der Waals surface area contributed by atoms with Gasteiger partial charge in [-0.15, -0.1) is 0 Å². The summed E-state index contributed by atoms with van der Waals surface area (Å²) in [4.78, 5) is 25.9. The summed E-state index contributed by atoms with van der Waals surface area (Å²) < 4.78 is 38.9. The number of esters is 1. The van der Waals surface area contributed by atoms with Crippen LogP contribution in [-0.2, 0) is 4.79 Å². The maximum atomic E-state index is 13.4. The molecule has 0 spiro atoms. The number of hydrogen-bond acceptors (Lipinski definition) is 9. The Morgan fingerprint density at radius 2 is 1.47 bits per heavy atom. The van der Waals surface area contributed by atoms with Gasteiger partial charge in [-0.25, -0.2) is 0 Å². The Balaban J connectivity index is 1.61. The van der Waals surface area contributed by atoms with E-state index in [0.717, 1.165) is 5.56 Å². The van der Waals surface area contributed by atoms with Gasteiger partial charge in [0.05, 0.1) is 47.5 Å². The highest BCUT2D eigenvalue weighted by molar-refractivity contribution is 6.15. The average Bonchev–Trinajstić information content (AvgIpc) is 3.26. The van der Waals surface area contributed by atoms with Crippen LogP contribution < -0.4 is 33.2 Å². The largest absolute Gasteiger partial charge is 0.493 e. The van der Waals surface area contributed by atoms with E-state index in [4.69, 9.17) is 33.2 Å². The van der Waals surface area contributed by atoms with Gasteiger partial charge in [-0.05, 0) is 48.0 Å². The van der Waals surface area contributed by atoms with Crippen molar-refractivity contribution in [3.05, 3.63) is 70.5 Å². The number of allylic oxidation sites excluding steroid dienone is 1. The molecule has 3 aromatic carbocycles. The summed E-state index contributed by atoms with van der Waals surface area (Å²) in [5, 5.41) is 0. The van der Waals surface area contributed by atoms with Crippen LogP contribution in [0, 0.1) is 0 Å². The van der Waals surface area contributed by atoms with Gasteiger partial charge in [0.15, 0.2) is 28.8 Å². The van der Waals surface area contributed by atoms with Crippen molar-refractivity contribution in [2.75, 3.05) is 35.5 Å². The summed E-state index contributed by atoms with van der Waals surface area (Å²) in [5.41, 5.74) is 2.35. The Morgan fingerprint density at radius 3 is 2.16 bits per heavy atom. The quantitative estimate of drug-likeness (QED) is 0.248. The van der Waals surface area contributed by atoms with Gasteiger partial charge in [-0.2, -0.15) is 0 Å². The van der Waals surface area contributed by atoms with Crippen LogP contribution in [0.25, 0.3) is 6.08 Å². The van der Waals surface area contributed by atoms with Gasteiger partial charge in [-0.1, -0.05) is 6.07 Å². The summed E-state index contributed by atoms with van der Waals surface area (Å²) in [7, 11) is 7.64. The summed E-state index contributed by atoms with van der Waals surface area (Å²) in [6.45, 7) is 0. The summed E-state index contributed by atoms with van der Waals surface area (Å²) >= 11 is 0. The smallest absolute Gasteiger partial charge is 0.312 e. The van der Waals surface area contributed by atoms with Crippen LogP contribution >= 0.6 is 0 Å². The number of benzene rings is 3. The number of ether oxygens (including phenoxy) is 7. The van der Waals surface area contributed by atoms with Gasteiger partial charge in [0.2, 0.25) is 11.5 Å². The third-order valence-electron chi connectivity index (χ3n) is 6.61. The zero-order valence-electron chi connectivity index (χ0n) is 21.6. The number of hydrogen-bond donors (Lipinski definition) is 0. The SMILES string of the molecule is COc1ccc(C2CC(=O)Oc3ccc4c(c32)OC(=Cc2ccc(OC)c(OC)c2OC)C4=O)cc1OC. The number of carbonyl (C=O) groups excluding carboxylic acids is 2. The van der Waals surface area contributed by atoms with Crippen molar-refractivity contribution >= 4 is 17.8 Å². The molecule has 2 aliphatic rings. The molecule has 0 bridgehead atoms. The molecule has 1 atom stereocenters. The topological polar surface area (TPSA) is 98.8 Å². The Hall–Kier alpha value is -4.66. The third kappa shape index (κ3) is 4.06. The Bertz CT molecular complexity index is 1470. The van der Waals surface area contributed by atoms with Crippen LogP contribution in [0.5, 0.6) is 40.2 Å². The monoisotopic (exact) mass is 518 g/mol. The fourth-order valence-corrected chi connectivity index (χ4v) is 4.84. The number of carbonyl (C=O) groups is 2. The fourth-order valence-electron chi connectivity index (χ4n) is 4.84. The van der Waals surface area contributed by atoms with Crippen molar-refractivity contribution in [1.29, 1.82) is 0 Å². The van der Waals surface area contributed by atoms with E-state index >= 15 is 0 Å². The van der Waals surface area contributed by atoms with E-state index < -0.39 is 5.92 Å². The highest BCUT2D eigenvalue weighted by Crippen LogP contribution is 2.50. The van der Waals surface area contributed by atoms with Gasteiger partial charge >= 0.3 is 5.97 Å².